The molecular weight excluding hydrogens is 332 g/mol. The number of aromatic nitrogens is 2. The van der Waals surface area contributed by atoms with E-state index in [9.17, 15) is 9.59 Å². The molecule has 1 heterocycles. The minimum absolute atomic E-state index is 0.0349. The lowest BCUT2D eigenvalue weighted by Crippen LogP contribution is -2.33. The maximum Gasteiger partial charge on any atom is 0.268 e. The van der Waals surface area contributed by atoms with E-state index >= 15 is 0 Å². The van der Waals surface area contributed by atoms with Crippen LogP contribution in [0.4, 0.5) is 0 Å². The lowest BCUT2D eigenvalue weighted by Gasteiger charge is -2.05. The fourth-order valence-corrected chi connectivity index (χ4v) is 1.54. The number of hydrogen-bond acceptors (Lipinski definition) is 3. The molecular formula is C8H9ClIN3O2. The zero-order valence-corrected chi connectivity index (χ0v) is 10.9. The molecule has 7 heteroatoms. The van der Waals surface area contributed by atoms with E-state index in [1.807, 2.05) is 6.92 Å². The molecule has 0 radical (unpaired) electrons. The Balaban J connectivity index is 2.92. The highest BCUT2D eigenvalue weighted by Crippen LogP contribution is 2.09. The third-order valence-electron chi connectivity index (χ3n) is 1.63. The van der Waals surface area contributed by atoms with Crippen molar-refractivity contribution < 1.29 is 4.79 Å². The van der Waals surface area contributed by atoms with Gasteiger partial charge in [0.1, 0.15) is 15.3 Å². The molecule has 15 heavy (non-hydrogen) atoms. The summed E-state index contributed by atoms with van der Waals surface area (Å²) >= 11 is 7.45. The molecule has 0 saturated heterocycles. The highest BCUT2D eigenvalue weighted by Gasteiger charge is 2.09. The zero-order chi connectivity index (χ0) is 11.4. The van der Waals surface area contributed by atoms with Gasteiger partial charge in [0.05, 0.1) is 6.33 Å². The number of carbonyl (C=O) groups excluding carboxylic acids is 1. The predicted molar refractivity (Wildman–Crippen MR) is 64.9 cm³/mol. The highest BCUT2D eigenvalue weighted by atomic mass is 127. The van der Waals surface area contributed by atoms with E-state index in [-0.39, 0.29) is 23.2 Å². The first-order valence-electron chi connectivity index (χ1n) is 4.23. The van der Waals surface area contributed by atoms with E-state index in [2.05, 4.69) is 10.3 Å². The predicted octanol–water partition coefficient (Wildman–Crippen LogP) is 0.637. The molecule has 0 aromatic carbocycles. The van der Waals surface area contributed by atoms with Crippen molar-refractivity contribution in [2.75, 3.05) is 6.54 Å². The maximum atomic E-state index is 11.6. The molecule has 0 aliphatic heterocycles. The Morgan fingerprint density at radius 3 is 3.00 bits per heavy atom. The van der Waals surface area contributed by atoms with Gasteiger partial charge in [0, 0.05) is 6.54 Å². The SMILES string of the molecule is CCNC(=O)Cn1cnc(Cl)c(I)c1=O. The third kappa shape index (κ3) is 3.16. The average Bonchev–Trinajstić information content (AvgIpc) is 2.20. The summed E-state index contributed by atoms with van der Waals surface area (Å²) < 4.78 is 1.54. The summed E-state index contributed by atoms with van der Waals surface area (Å²) in [6.45, 7) is 2.31. The first-order chi connectivity index (χ1) is 7.06. The van der Waals surface area contributed by atoms with Gasteiger partial charge in [0.25, 0.3) is 5.56 Å². The normalized spacial score (nSPS) is 10.1. The third-order valence-corrected chi connectivity index (χ3v) is 3.21. The Morgan fingerprint density at radius 1 is 1.73 bits per heavy atom. The van der Waals surface area contributed by atoms with Gasteiger partial charge in [-0.2, -0.15) is 0 Å². The van der Waals surface area contributed by atoms with Gasteiger partial charge in [-0.1, -0.05) is 11.6 Å². The summed E-state index contributed by atoms with van der Waals surface area (Å²) in [6.07, 6.45) is 1.27. The van der Waals surface area contributed by atoms with Gasteiger partial charge in [0.15, 0.2) is 0 Å². The van der Waals surface area contributed by atoms with Gasteiger partial charge < -0.3 is 5.32 Å². The van der Waals surface area contributed by atoms with Crippen molar-refractivity contribution in [2.24, 2.45) is 0 Å². The summed E-state index contributed by atoms with van der Waals surface area (Å²) in [4.78, 5) is 26.6. The number of nitrogens with one attached hydrogen (secondary N) is 1. The number of carbonyl (C=O) groups is 1. The lowest BCUT2D eigenvalue weighted by molar-refractivity contribution is -0.121. The summed E-state index contributed by atoms with van der Waals surface area (Å²) in [6, 6.07) is 0. The van der Waals surface area contributed by atoms with Gasteiger partial charge in [-0.05, 0) is 29.5 Å². The summed E-state index contributed by atoms with van der Waals surface area (Å²) in [5, 5.41) is 2.75. The van der Waals surface area contributed by atoms with Crippen LogP contribution in [-0.4, -0.2) is 22.0 Å². The van der Waals surface area contributed by atoms with Crippen molar-refractivity contribution in [1.82, 2.24) is 14.9 Å². The number of likely N-dealkylation sites (N-methyl/N-ethyl adjacent to an activating group) is 1. The average molecular weight is 342 g/mol. The molecule has 0 saturated carbocycles. The smallest absolute Gasteiger partial charge is 0.268 e. The van der Waals surface area contributed by atoms with Crippen LogP contribution >= 0.6 is 34.2 Å². The van der Waals surface area contributed by atoms with E-state index in [1.165, 1.54) is 10.9 Å². The van der Waals surface area contributed by atoms with Crippen LogP contribution in [0.1, 0.15) is 6.92 Å². The van der Waals surface area contributed by atoms with Crippen molar-refractivity contribution in [1.29, 1.82) is 0 Å². The second-order valence-electron chi connectivity index (χ2n) is 2.74. The van der Waals surface area contributed by atoms with Crippen LogP contribution in [-0.2, 0) is 11.3 Å². The van der Waals surface area contributed by atoms with Crippen LogP contribution in [0.3, 0.4) is 0 Å². The first kappa shape index (κ1) is 12.4. The Labute approximate surface area is 105 Å². The number of nitrogens with zero attached hydrogens (tertiary/aromatic N) is 2. The van der Waals surface area contributed by atoms with Gasteiger partial charge in [-0.25, -0.2) is 4.98 Å². The Hall–Kier alpha value is -0.630. The van der Waals surface area contributed by atoms with Gasteiger partial charge >= 0.3 is 0 Å². The van der Waals surface area contributed by atoms with E-state index in [0.29, 0.717) is 10.1 Å². The Morgan fingerprint density at radius 2 is 2.40 bits per heavy atom. The van der Waals surface area contributed by atoms with E-state index in [0.717, 1.165) is 0 Å². The van der Waals surface area contributed by atoms with Gasteiger partial charge in [0.2, 0.25) is 5.91 Å². The van der Waals surface area contributed by atoms with Crippen LogP contribution in [0.2, 0.25) is 5.15 Å². The maximum absolute atomic E-state index is 11.6. The van der Waals surface area contributed by atoms with Crippen molar-refractivity contribution >= 4 is 40.1 Å². The molecule has 1 amide bonds. The van der Waals surface area contributed by atoms with Crippen molar-refractivity contribution in [2.45, 2.75) is 13.5 Å². The van der Waals surface area contributed by atoms with Crippen molar-refractivity contribution in [3.63, 3.8) is 0 Å². The van der Waals surface area contributed by atoms with Gasteiger partial charge in [-0.15, -0.1) is 0 Å². The van der Waals surface area contributed by atoms with E-state index < -0.39 is 0 Å². The van der Waals surface area contributed by atoms with Crippen molar-refractivity contribution in [3.8, 4) is 0 Å². The summed E-state index contributed by atoms with van der Waals surface area (Å²) in [5.74, 6) is -0.223. The summed E-state index contributed by atoms with van der Waals surface area (Å²) in [7, 11) is 0. The standard InChI is InChI=1S/C8H9ClIN3O2/c1-2-11-5(14)3-13-4-12-7(9)6(10)8(13)15/h4H,2-3H2,1H3,(H,11,14). The second-order valence-corrected chi connectivity index (χ2v) is 4.17. The molecule has 1 aromatic heterocycles. The molecule has 1 rings (SSSR count). The first-order valence-corrected chi connectivity index (χ1v) is 5.69. The van der Waals surface area contributed by atoms with Crippen LogP contribution in [0, 0.1) is 3.57 Å². The lowest BCUT2D eigenvalue weighted by atomic mass is 10.5. The molecule has 82 valence electrons. The second kappa shape index (κ2) is 5.45. The zero-order valence-electron chi connectivity index (χ0n) is 7.96. The van der Waals surface area contributed by atoms with Crippen LogP contribution in [0.25, 0.3) is 0 Å². The highest BCUT2D eigenvalue weighted by molar-refractivity contribution is 14.1. The van der Waals surface area contributed by atoms with E-state index in [1.54, 1.807) is 22.6 Å². The molecule has 1 aromatic rings. The number of hydrogen-bond donors (Lipinski definition) is 1. The fourth-order valence-electron chi connectivity index (χ4n) is 0.964. The topological polar surface area (TPSA) is 64.0 Å². The minimum atomic E-state index is -0.304. The molecule has 0 aliphatic carbocycles. The molecule has 0 fully saturated rings. The monoisotopic (exact) mass is 341 g/mol. The quantitative estimate of drug-likeness (QED) is 0.648. The number of rotatable bonds is 3. The molecule has 0 unspecified atom stereocenters. The van der Waals surface area contributed by atoms with Crippen LogP contribution < -0.4 is 10.9 Å². The van der Waals surface area contributed by atoms with Gasteiger partial charge in [-0.3, -0.25) is 14.2 Å². The fraction of sp³-hybridized carbons (Fsp3) is 0.375. The number of halogens is 2. The Kier molecular flexibility index (Phi) is 4.52. The van der Waals surface area contributed by atoms with Crippen LogP contribution in [0.5, 0.6) is 0 Å². The molecule has 0 aliphatic rings. The number of amides is 1. The molecule has 0 bridgehead atoms. The Bertz CT molecular complexity index is 432. The molecule has 0 spiro atoms. The molecule has 0 atom stereocenters. The minimum Gasteiger partial charge on any atom is -0.355 e. The summed E-state index contributed by atoms with van der Waals surface area (Å²) in [5.41, 5.74) is -0.304. The van der Waals surface area contributed by atoms with Crippen molar-refractivity contribution in [3.05, 3.63) is 25.4 Å². The molecule has 1 N–H and O–H groups in total. The van der Waals surface area contributed by atoms with E-state index in [4.69, 9.17) is 11.6 Å². The van der Waals surface area contributed by atoms with Crippen LogP contribution in [0.15, 0.2) is 11.1 Å². The molecule has 5 nitrogen and oxygen atoms in total. The largest absolute Gasteiger partial charge is 0.355 e.